The number of rotatable bonds is 4. The molecule has 0 radical (unpaired) electrons. The van der Waals surface area contributed by atoms with E-state index < -0.39 is 0 Å². The minimum Gasteiger partial charge on any atom is -0.494 e. The molecule has 0 saturated carbocycles. The Morgan fingerprint density at radius 2 is 1.89 bits per heavy atom. The first-order chi connectivity index (χ1) is 13.8. The van der Waals surface area contributed by atoms with Crippen LogP contribution in [-0.2, 0) is 6.54 Å². The van der Waals surface area contributed by atoms with Gasteiger partial charge in [-0.2, -0.15) is 0 Å². The first kappa shape index (κ1) is 17.4. The second-order valence-corrected chi connectivity index (χ2v) is 7.81. The van der Waals surface area contributed by atoms with Gasteiger partial charge in [-0.15, -0.1) is 0 Å². The van der Waals surface area contributed by atoms with Gasteiger partial charge in [0.1, 0.15) is 11.3 Å². The Bertz CT molecular complexity index is 964. The van der Waals surface area contributed by atoms with E-state index in [-0.39, 0.29) is 0 Å². The highest BCUT2D eigenvalue weighted by Gasteiger charge is 2.35. The van der Waals surface area contributed by atoms with E-state index in [1.807, 2.05) is 30.6 Å². The van der Waals surface area contributed by atoms with E-state index >= 15 is 0 Å². The molecule has 28 heavy (non-hydrogen) atoms. The van der Waals surface area contributed by atoms with Crippen LogP contribution in [0.5, 0.6) is 5.75 Å². The quantitative estimate of drug-likeness (QED) is 0.698. The van der Waals surface area contributed by atoms with Gasteiger partial charge in [-0.05, 0) is 37.0 Å². The van der Waals surface area contributed by atoms with Crippen molar-refractivity contribution in [3.63, 3.8) is 0 Å². The Kier molecular flexibility index (Phi) is 4.56. The topological polar surface area (TPSA) is 54.4 Å². The summed E-state index contributed by atoms with van der Waals surface area (Å²) >= 11 is 0. The summed E-state index contributed by atoms with van der Waals surface area (Å²) in [6.45, 7) is 4.01. The molecule has 0 aliphatic carbocycles. The van der Waals surface area contributed by atoms with Gasteiger partial charge < -0.3 is 9.64 Å². The number of nitrogens with zero attached hydrogens (tertiary/aromatic N) is 5. The van der Waals surface area contributed by atoms with Crippen molar-refractivity contribution in [3.05, 3.63) is 54.5 Å². The number of methoxy groups -OCH3 is 1. The highest BCUT2D eigenvalue weighted by molar-refractivity contribution is 5.84. The van der Waals surface area contributed by atoms with Gasteiger partial charge >= 0.3 is 0 Å². The van der Waals surface area contributed by atoms with Crippen molar-refractivity contribution in [1.29, 1.82) is 0 Å². The van der Waals surface area contributed by atoms with E-state index in [0.717, 1.165) is 54.5 Å². The molecule has 3 saturated heterocycles. The second-order valence-electron chi connectivity index (χ2n) is 7.81. The normalized spacial score (nSPS) is 22.4. The van der Waals surface area contributed by atoms with Crippen LogP contribution in [0.15, 0.2) is 48.8 Å². The van der Waals surface area contributed by atoms with Crippen LogP contribution in [0.2, 0.25) is 0 Å². The molecule has 6 nitrogen and oxygen atoms in total. The van der Waals surface area contributed by atoms with E-state index in [1.165, 1.54) is 12.8 Å². The van der Waals surface area contributed by atoms with E-state index in [4.69, 9.17) is 9.72 Å². The third-order valence-electron chi connectivity index (χ3n) is 5.99. The van der Waals surface area contributed by atoms with Gasteiger partial charge in [0.2, 0.25) is 5.95 Å². The number of piperidine rings is 1. The fraction of sp³-hybridized carbons (Fsp3) is 0.409. The summed E-state index contributed by atoms with van der Waals surface area (Å²) in [4.78, 5) is 18.8. The first-order valence-electron chi connectivity index (χ1n) is 9.99. The average Bonchev–Trinajstić information content (AvgIpc) is 3.06. The Hall–Kier alpha value is -2.73. The van der Waals surface area contributed by atoms with Gasteiger partial charge in [-0.25, -0.2) is 15.0 Å². The Morgan fingerprint density at radius 1 is 1.00 bits per heavy atom. The summed E-state index contributed by atoms with van der Waals surface area (Å²) in [6.07, 6.45) is 6.17. The molecule has 3 aromatic rings. The number of fused-ring (bicyclic) bond motifs is 5. The summed E-state index contributed by atoms with van der Waals surface area (Å²) < 4.78 is 5.51. The molecular weight excluding hydrogens is 350 g/mol. The van der Waals surface area contributed by atoms with E-state index in [9.17, 15) is 0 Å². The van der Waals surface area contributed by atoms with Crippen molar-refractivity contribution in [2.24, 2.45) is 5.92 Å². The molecule has 3 fully saturated rings. The van der Waals surface area contributed by atoms with Crippen LogP contribution in [0.25, 0.3) is 10.9 Å². The molecule has 3 aliphatic rings. The van der Waals surface area contributed by atoms with Crippen molar-refractivity contribution in [1.82, 2.24) is 19.9 Å². The molecule has 2 aromatic heterocycles. The van der Waals surface area contributed by atoms with Crippen LogP contribution < -0.4 is 9.64 Å². The standard InChI is InChI=1S/C22H25N5O/c1-28-20-5-2-4-17-7-8-18(25-21(17)20)14-26-12-16-6-9-19(26)15-27(13-16)22-23-10-3-11-24-22/h2-5,7-8,10-11,16,19H,6,9,12-15H2,1H3/t16-,19-/m1/s1. The third kappa shape index (κ3) is 3.29. The summed E-state index contributed by atoms with van der Waals surface area (Å²) in [7, 11) is 1.71. The predicted molar refractivity (Wildman–Crippen MR) is 109 cm³/mol. The van der Waals surface area contributed by atoms with Crippen molar-refractivity contribution in [3.8, 4) is 5.75 Å². The average molecular weight is 375 g/mol. The number of aromatic nitrogens is 3. The van der Waals surface area contributed by atoms with Gasteiger partial charge in [0, 0.05) is 50.0 Å². The molecular formula is C22H25N5O. The van der Waals surface area contributed by atoms with Crippen LogP contribution in [-0.4, -0.2) is 52.6 Å². The fourth-order valence-corrected chi connectivity index (χ4v) is 4.61. The lowest BCUT2D eigenvalue weighted by molar-refractivity contribution is 0.125. The molecule has 2 bridgehead atoms. The van der Waals surface area contributed by atoms with E-state index in [2.05, 4.69) is 38.0 Å². The minimum atomic E-state index is 0.512. The maximum absolute atomic E-state index is 5.51. The summed E-state index contributed by atoms with van der Waals surface area (Å²) in [5.74, 6) is 2.34. The van der Waals surface area contributed by atoms with Gasteiger partial charge in [0.15, 0.2) is 0 Å². The maximum atomic E-state index is 5.51. The third-order valence-corrected chi connectivity index (χ3v) is 5.99. The Labute approximate surface area is 165 Å². The molecule has 6 heteroatoms. The second kappa shape index (κ2) is 7.36. The van der Waals surface area contributed by atoms with Crippen molar-refractivity contribution in [2.45, 2.75) is 25.4 Å². The summed E-state index contributed by atoms with van der Waals surface area (Å²) in [5, 5.41) is 1.12. The zero-order valence-corrected chi connectivity index (χ0v) is 16.2. The zero-order chi connectivity index (χ0) is 18.9. The van der Waals surface area contributed by atoms with Gasteiger partial charge in [0.05, 0.1) is 12.8 Å². The molecule has 144 valence electrons. The minimum absolute atomic E-state index is 0.512. The number of para-hydroxylation sites is 1. The predicted octanol–water partition coefficient (Wildman–Crippen LogP) is 3.13. The Morgan fingerprint density at radius 3 is 2.75 bits per heavy atom. The molecule has 0 amide bonds. The molecule has 2 atom stereocenters. The molecule has 1 aromatic carbocycles. The Balaban J connectivity index is 1.38. The lowest BCUT2D eigenvalue weighted by Crippen LogP contribution is -2.43. The van der Waals surface area contributed by atoms with Crippen LogP contribution in [0.4, 0.5) is 5.95 Å². The van der Waals surface area contributed by atoms with Gasteiger partial charge in [-0.1, -0.05) is 18.2 Å². The van der Waals surface area contributed by atoms with Crippen molar-refractivity contribution in [2.75, 3.05) is 31.6 Å². The smallest absolute Gasteiger partial charge is 0.225 e. The van der Waals surface area contributed by atoms with Crippen LogP contribution in [0.3, 0.4) is 0 Å². The highest BCUT2D eigenvalue weighted by Crippen LogP contribution is 2.31. The molecule has 0 N–H and O–H groups in total. The number of ether oxygens (including phenoxy) is 1. The van der Waals surface area contributed by atoms with Gasteiger partial charge in [0.25, 0.3) is 0 Å². The monoisotopic (exact) mass is 375 g/mol. The van der Waals surface area contributed by atoms with Crippen LogP contribution >= 0.6 is 0 Å². The summed E-state index contributed by atoms with van der Waals surface area (Å²) in [6, 6.07) is 12.8. The van der Waals surface area contributed by atoms with Crippen molar-refractivity contribution < 1.29 is 4.74 Å². The van der Waals surface area contributed by atoms with E-state index in [0.29, 0.717) is 12.0 Å². The van der Waals surface area contributed by atoms with E-state index in [1.54, 1.807) is 7.11 Å². The summed E-state index contributed by atoms with van der Waals surface area (Å²) in [5.41, 5.74) is 2.05. The molecule has 3 aliphatic heterocycles. The van der Waals surface area contributed by atoms with Crippen molar-refractivity contribution >= 4 is 16.9 Å². The van der Waals surface area contributed by atoms with Gasteiger partial charge in [-0.3, -0.25) is 4.90 Å². The number of hydrogen-bond donors (Lipinski definition) is 0. The zero-order valence-electron chi connectivity index (χ0n) is 16.2. The molecule has 6 rings (SSSR count). The molecule has 0 unspecified atom stereocenters. The fourth-order valence-electron chi connectivity index (χ4n) is 4.61. The SMILES string of the molecule is COc1cccc2ccc(CN3C[C@H]4CC[C@@H]3CN(c3ncccn3)C4)nc12. The van der Waals surface area contributed by atoms with Crippen LogP contribution in [0, 0.1) is 5.92 Å². The van der Waals surface area contributed by atoms with Crippen LogP contribution in [0.1, 0.15) is 18.5 Å². The first-order valence-corrected chi connectivity index (χ1v) is 9.99. The number of pyridine rings is 1. The molecule has 0 spiro atoms. The number of anilines is 1. The lowest BCUT2D eigenvalue weighted by Gasteiger charge is -2.35. The number of hydrogen-bond acceptors (Lipinski definition) is 6. The highest BCUT2D eigenvalue weighted by atomic mass is 16.5. The lowest BCUT2D eigenvalue weighted by atomic mass is 9.95. The largest absolute Gasteiger partial charge is 0.494 e. The number of benzene rings is 1. The molecule has 5 heterocycles. The maximum Gasteiger partial charge on any atom is 0.225 e.